The van der Waals surface area contributed by atoms with Crippen LogP contribution in [-0.4, -0.2) is 4.57 Å². The van der Waals surface area contributed by atoms with Gasteiger partial charge in [0.15, 0.2) is 0 Å². The molecule has 14 rings (SSSR count). The van der Waals surface area contributed by atoms with E-state index in [1.165, 1.54) is 60.1 Å². The molecule has 0 spiro atoms. The van der Waals surface area contributed by atoms with Gasteiger partial charge in [-0.15, -0.1) is 0 Å². The van der Waals surface area contributed by atoms with Crippen molar-refractivity contribution in [1.29, 1.82) is 0 Å². The Morgan fingerprint density at radius 2 is 0.971 bits per heavy atom. The fourth-order valence-corrected chi connectivity index (χ4v) is 11.6. The topological polar surface area (TPSA) is 21.3 Å². The number of aromatic nitrogens is 1. The van der Waals surface area contributed by atoms with Crippen molar-refractivity contribution in [2.45, 2.75) is 19.3 Å². The molecule has 13 aromatic rings. The van der Waals surface area contributed by atoms with E-state index in [2.05, 4.69) is 254 Å². The Bertz CT molecular complexity index is 4150. The van der Waals surface area contributed by atoms with E-state index in [1.54, 1.807) is 0 Å². The van der Waals surface area contributed by atoms with Gasteiger partial charge in [0.1, 0.15) is 11.2 Å². The maximum atomic E-state index is 7.01. The molecule has 3 heteroatoms. The number of nitrogens with zero attached hydrogens (tertiary/aromatic N) is 2. The van der Waals surface area contributed by atoms with Crippen LogP contribution in [0.5, 0.6) is 0 Å². The zero-order chi connectivity index (χ0) is 45.1. The molecule has 0 unspecified atom stereocenters. The van der Waals surface area contributed by atoms with E-state index < -0.39 is 0 Å². The number of hydrogen-bond donors (Lipinski definition) is 0. The van der Waals surface area contributed by atoms with Gasteiger partial charge in [-0.25, -0.2) is 0 Å². The molecular formula is C65H44N2O. The van der Waals surface area contributed by atoms with Crippen LogP contribution in [0.1, 0.15) is 25.0 Å². The molecule has 1 aliphatic rings. The number of fused-ring (bicyclic) bond motifs is 12. The van der Waals surface area contributed by atoms with Gasteiger partial charge in [-0.05, 0) is 98.6 Å². The quantitative estimate of drug-likeness (QED) is 0.155. The highest BCUT2D eigenvalue weighted by Crippen LogP contribution is 2.53. The summed E-state index contributed by atoms with van der Waals surface area (Å²) in [6.45, 7) is 4.73. The molecule has 0 saturated carbocycles. The molecule has 1 aliphatic carbocycles. The van der Waals surface area contributed by atoms with E-state index in [9.17, 15) is 0 Å². The molecule has 0 fully saturated rings. The van der Waals surface area contributed by atoms with Crippen LogP contribution in [0.2, 0.25) is 0 Å². The lowest BCUT2D eigenvalue weighted by Gasteiger charge is -2.30. The van der Waals surface area contributed by atoms with Gasteiger partial charge in [-0.2, -0.15) is 0 Å². The SMILES string of the molecule is CC1(C)c2ccccc2-c2ccc(-c3ccccc3N(c3cc(-c4ccccc4-n4c5ccccc5c5ccccc54)c4oc5ccccc5c4c3)c3cc4ccccc4c4ccccc34)cc21. The third-order valence-corrected chi connectivity index (χ3v) is 14.8. The summed E-state index contributed by atoms with van der Waals surface area (Å²) in [5.41, 5.74) is 18.0. The Kier molecular flexibility index (Phi) is 8.33. The van der Waals surface area contributed by atoms with Crippen LogP contribution in [0.3, 0.4) is 0 Å². The summed E-state index contributed by atoms with van der Waals surface area (Å²) < 4.78 is 9.44. The summed E-state index contributed by atoms with van der Waals surface area (Å²) in [4.78, 5) is 2.52. The van der Waals surface area contributed by atoms with Gasteiger partial charge in [0.25, 0.3) is 0 Å². The second-order valence-electron chi connectivity index (χ2n) is 18.8. The molecule has 0 N–H and O–H groups in total. The number of para-hydroxylation sites is 5. The minimum atomic E-state index is -0.142. The van der Waals surface area contributed by atoms with Crippen molar-refractivity contribution in [3.05, 3.63) is 242 Å². The number of furan rings is 1. The van der Waals surface area contributed by atoms with Crippen molar-refractivity contribution in [1.82, 2.24) is 4.57 Å². The van der Waals surface area contributed by atoms with Gasteiger partial charge >= 0.3 is 0 Å². The lowest BCUT2D eigenvalue weighted by molar-refractivity contribution is 0.660. The van der Waals surface area contributed by atoms with Crippen molar-refractivity contribution < 1.29 is 4.42 Å². The minimum absolute atomic E-state index is 0.142. The van der Waals surface area contributed by atoms with Crippen LogP contribution < -0.4 is 4.90 Å². The Labute approximate surface area is 394 Å². The standard InChI is InChI=1S/C65H44N2O/c1-65(2)56-29-13-7-23-47(56)48-36-35-42(37-57(48)65)45-21-8-14-30-58(45)66(62-38-41-19-3-4-20-44(41)46-22-5-6-24-49(46)62)43-39-54(64-55(40-43)53-28-12-18-34-63(53)68-64)52-27-11-17-33-61(52)67-59-31-15-9-25-50(59)51-26-10-16-32-60(51)67/h3-40H,1-2H3. The van der Waals surface area contributed by atoms with E-state index in [4.69, 9.17) is 4.42 Å². The molecule has 3 nitrogen and oxygen atoms in total. The molecule has 0 atom stereocenters. The molecule has 320 valence electrons. The van der Waals surface area contributed by atoms with Crippen molar-refractivity contribution in [3.63, 3.8) is 0 Å². The summed E-state index contributed by atoms with van der Waals surface area (Å²) in [6.07, 6.45) is 0. The molecule has 0 bridgehead atoms. The third-order valence-electron chi connectivity index (χ3n) is 14.8. The van der Waals surface area contributed by atoms with E-state index in [1.807, 2.05) is 0 Å². The second kappa shape index (κ2) is 14.7. The maximum Gasteiger partial charge on any atom is 0.143 e. The average molecular weight is 869 g/mol. The van der Waals surface area contributed by atoms with E-state index in [0.717, 1.165) is 72.4 Å². The Balaban J connectivity index is 1.08. The predicted octanol–water partition coefficient (Wildman–Crippen LogP) is 18.1. The van der Waals surface area contributed by atoms with E-state index >= 15 is 0 Å². The van der Waals surface area contributed by atoms with Crippen molar-refractivity contribution in [2.75, 3.05) is 4.90 Å². The Morgan fingerprint density at radius 1 is 0.382 bits per heavy atom. The number of anilines is 3. The summed E-state index contributed by atoms with van der Waals surface area (Å²) in [5, 5.41) is 9.41. The molecular weight excluding hydrogens is 825 g/mol. The van der Waals surface area contributed by atoms with Crippen LogP contribution >= 0.6 is 0 Å². The zero-order valence-electron chi connectivity index (χ0n) is 37.7. The van der Waals surface area contributed by atoms with Gasteiger partial charge in [0.2, 0.25) is 0 Å². The summed E-state index contributed by atoms with van der Waals surface area (Å²) >= 11 is 0. The zero-order valence-corrected chi connectivity index (χ0v) is 37.7. The van der Waals surface area contributed by atoms with Gasteiger partial charge in [0, 0.05) is 54.7 Å². The number of rotatable bonds is 6. The molecule has 68 heavy (non-hydrogen) atoms. The lowest BCUT2D eigenvalue weighted by Crippen LogP contribution is -2.15. The average Bonchev–Trinajstić information content (AvgIpc) is 4.01. The Morgan fingerprint density at radius 3 is 1.76 bits per heavy atom. The first kappa shape index (κ1) is 38.6. The summed E-state index contributed by atoms with van der Waals surface area (Å²) in [6, 6.07) is 84.6. The third kappa shape index (κ3) is 5.60. The smallest absolute Gasteiger partial charge is 0.143 e. The lowest BCUT2D eigenvalue weighted by atomic mass is 9.81. The van der Waals surface area contributed by atoms with Crippen LogP contribution in [0, 0.1) is 0 Å². The summed E-state index contributed by atoms with van der Waals surface area (Å²) in [5.74, 6) is 0. The molecule has 11 aromatic carbocycles. The Hall–Kier alpha value is -8.66. The first-order chi connectivity index (χ1) is 33.5. The predicted molar refractivity (Wildman–Crippen MR) is 286 cm³/mol. The van der Waals surface area contributed by atoms with Gasteiger partial charge in [-0.1, -0.05) is 190 Å². The second-order valence-corrected chi connectivity index (χ2v) is 18.8. The van der Waals surface area contributed by atoms with Crippen molar-refractivity contribution in [3.8, 4) is 39.1 Å². The molecule has 0 radical (unpaired) electrons. The minimum Gasteiger partial charge on any atom is -0.455 e. The van der Waals surface area contributed by atoms with Crippen molar-refractivity contribution in [2.24, 2.45) is 0 Å². The van der Waals surface area contributed by atoms with Crippen molar-refractivity contribution >= 4 is 82.4 Å². The highest BCUT2D eigenvalue weighted by molar-refractivity contribution is 6.17. The summed E-state index contributed by atoms with van der Waals surface area (Å²) in [7, 11) is 0. The largest absolute Gasteiger partial charge is 0.455 e. The maximum absolute atomic E-state index is 7.01. The van der Waals surface area contributed by atoms with Gasteiger partial charge < -0.3 is 13.9 Å². The first-order valence-electron chi connectivity index (χ1n) is 23.6. The highest BCUT2D eigenvalue weighted by Gasteiger charge is 2.35. The van der Waals surface area contributed by atoms with Crippen LogP contribution in [0.4, 0.5) is 17.1 Å². The van der Waals surface area contributed by atoms with Crippen LogP contribution in [-0.2, 0) is 5.41 Å². The van der Waals surface area contributed by atoms with Crippen LogP contribution in [0.15, 0.2) is 235 Å². The number of benzene rings is 11. The highest BCUT2D eigenvalue weighted by atomic mass is 16.3. The molecule has 0 saturated heterocycles. The van der Waals surface area contributed by atoms with Crippen LogP contribution in [0.25, 0.3) is 104 Å². The fraction of sp³-hybridized carbons (Fsp3) is 0.0462. The number of hydrogen-bond acceptors (Lipinski definition) is 2. The normalized spacial score (nSPS) is 13.0. The van der Waals surface area contributed by atoms with E-state index in [0.29, 0.717) is 0 Å². The van der Waals surface area contributed by atoms with Gasteiger partial charge in [-0.3, -0.25) is 0 Å². The van der Waals surface area contributed by atoms with Gasteiger partial charge in [0.05, 0.1) is 28.1 Å². The first-order valence-corrected chi connectivity index (χ1v) is 23.6. The molecule has 0 amide bonds. The molecule has 0 aliphatic heterocycles. The molecule has 2 heterocycles. The van der Waals surface area contributed by atoms with E-state index in [-0.39, 0.29) is 5.41 Å². The monoisotopic (exact) mass is 868 g/mol. The fourth-order valence-electron chi connectivity index (χ4n) is 11.6. The molecule has 2 aromatic heterocycles.